The number of rotatable bonds is 3. The lowest BCUT2D eigenvalue weighted by Crippen LogP contribution is -2.29. The van der Waals surface area contributed by atoms with Gasteiger partial charge in [0.05, 0.1) is 22.0 Å². The molecule has 6 nitrogen and oxygen atoms in total. The van der Waals surface area contributed by atoms with Crippen LogP contribution in [0, 0.1) is 6.92 Å². The summed E-state index contributed by atoms with van der Waals surface area (Å²) in [7, 11) is -1.43. The summed E-state index contributed by atoms with van der Waals surface area (Å²) < 4.78 is 19.9. The maximum absolute atomic E-state index is 13.2. The smallest absolute Gasteiger partial charge is 0.419 e. The molecule has 1 heterocycles. The lowest BCUT2D eigenvalue weighted by Gasteiger charge is -2.25. The monoisotopic (exact) mass is 465 g/mol. The topological polar surface area (TPSA) is 88.8 Å². The van der Waals surface area contributed by atoms with Gasteiger partial charge in [0.1, 0.15) is 17.8 Å². The number of fused-ring (bicyclic) bond motifs is 3. The molecule has 2 aromatic carbocycles. The molecule has 1 unspecified atom stereocenters. The second-order valence-electron chi connectivity index (χ2n) is 9.07. The first-order valence-corrected chi connectivity index (χ1v) is 11.9. The van der Waals surface area contributed by atoms with Crippen molar-refractivity contribution in [3.8, 4) is 0 Å². The molecule has 0 fully saturated rings. The number of hydrogen-bond donors (Lipinski definition) is 2. The molecule has 3 atom stereocenters. The van der Waals surface area contributed by atoms with Crippen molar-refractivity contribution in [2.75, 3.05) is 0 Å². The highest BCUT2D eigenvalue weighted by molar-refractivity contribution is 7.88. The van der Waals surface area contributed by atoms with Crippen LogP contribution in [0.25, 0.3) is 16.5 Å². The van der Waals surface area contributed by atoms with Crippen LogP contribution in [-0.2, 0) is 15.5 Å². The number of nitrogens with zero attached hydrogens (tertiary/aromatic N) is 1. The van der Waals surface area contributed by atoms with Gasteiger partial charge in [-0.15, -0.1) is 0 Å². The van der Waals surface area contributed by atoms with E-state index in [1.54, 1.807) is 63.2 Å². The van der Waals surface area contributed by atoms with Crippen LogP contribution in [-0.4, -0.2) is 36.8 Å². The number of allylic oxidation sites excluding steroid dienone is 2. The molecule has 0 saturated heterocycles. The SMILES string of the molecule is Cc1ccc(S(=O)/C=C\C2=C[C@@H](O)[C@H](O)c3c2n(C(=O)OC(C)(C)C)c2ccccc32)cc1. The van der Waals surface area contributed by atoms with Crippen LogP contribution in [0.15, 0.2) is 71.0 Å². The molecule has 4 rings (SSSR count). The summed E-state index contributed by atoms with van der Waals surface area (Å²) in [5.41, 5.74) is 2.23. The zero-order valence-electron chi connectivity index (χ0n) is 19.0. The predicted octanol–water partition coefficient (Wildman–Crippen LogP) is 4.85. The van der Waals surface area contributed by atoms with Gasteiger partial charge in [-0.25, -0.2) is 13.6 Å². The Hall–Kier alpha value is -3.00. The fourth-order valence-corrected chi connectivity index (χ4v) is 4.72. The van der Waals surface area contributed by atoms with Gasteiger partial charge in [-0.2, -0.15) is 0 Å². The van der Waals surface area contributed by atoms with Crippen molar-refractivity contribution in [2.45, 2.75) is 50.4 Å². The van der Waals surface area contributed by atoms with Crippen LogP contribution in [0.4, 0.5) is 4.79 Å². The second kappa shape index (κ2) is 8.74. The summed E-state index contributed by atoms with van der Waals surface area (Å²) >= 11 is 0. The lowest BCUT2D eigenvalue weighted by molar-refractivity contribution is 0.0458. The zero-order valence-corrected chi connectivity index (χ0v) is 19.8. The Morgan fingerprint density at radius 3 is 2.42 bits per heavy atom. The van der Waals surface area contributed by atoms with Gasteiger partial charge in [-0.1, -0.05) is 35.9 Å². The molecular formula is C26H27NO5S. The fourth-order valence-electron chi connectivity index (χ4n) is 3.89. The molecule has 0 aliphatic heterocycles. The minimum absolute atomic E-state index is 0.417. The first-order valence-electron chi connectivity index (χ1n) is 10.7. The maximum atomic E-state index is 13.2. The van der Waals surface area contributed by atoms with Crippen LogP contribution in [0.1, 0.15) is 43.7 Å². The van der Waals surface area contributed by atoms with Crippen LogP contribution >= 0.6 is 0 Å². The van der Waals surface area contributed by atoms with E-state index < -0.39 is 34.7 Å². The molecule has 2 N–H and O–H groups in total. The van der Waals surface area contributed by atoms with E-state index in [1.165, 1.54) is 16.1 Å². The van der Waals surface area contributed by atoms with Crippen LogP contribution in [0.5, 0.6) is 0 Å². The van der Waals surface area contributed by atoms with Crippen molar-refractivity contribution in [2.24, 2.45) is 0 Å². The van der Waals surface area contributed by atoms with E-state index in [9.17, 15) is 19.2 Å². The summed E-state index contributed by atoms with van der Waals surface area (Å²) in [6, 6.07) is 14.5. The second-order valence-corrected chi connectivity index (χ2v) is 10.4. The van der Waals surface area contributed by atoms with Crippen molar-refractivity contribution in [3.63, 3.8) is 0 Å². The molecule has 0 radical (unpaired) electrons. The lowest BCUT2D eigenvalue weighted by atomic mass is 9.90. The molecule has 0 amide bonds. The average Bonchev–Trinajstić information content (AvgIpc) is 3.10. The van der Waals surface area contributed by atoms with Gasteiger partial charge in [-0.05, 0) is 63.6 Å². The number of aromatic nitrogens is 1. The number of carbonyl (C=O) groups excluding carboxylic acids is 1. The molecular weight excluding hydrogens is 438 g/mol. The number of aryl methyl sites for hydroxylation is 1. The third kappa shape index (κ3) is 4.57. The van der Waals surface area contributed by atoms with Crippen LogP contribution < -0.4 is 0 Å². The van der Waals surface area contributed by atoms with Crippen molar-refractivity contribution in [3.05, 3.63) is 82.9 Å². The van der Waals surface area contributed by atoms with Gasteiger partial charge >= 0.3 is 6.09 Å². The Balaban J connectivity index is 1.85. The Kier molecular flexibility index (Phi) is 6.14. The number of hydrogen-bond acceptors (Lipinski definition) is 5. The number of aliphatic hydroxyl groups excluding tert-OH is 2. The molecule has 3 aromatic rings. The summed E-state index contributed by atoms with van der Waals surface area (Å²) in [5, 5.41) is 23.5. The first kappa shape index (κ1) is 23.2. The van der Waals surface area contributed by atoms with Gasteiger partial charge < -0.3 is 14.9 Å². The minimum Gasteiger partial charge on any atom is -0.443 e. The molecule has 1 aliphatic carbocycles. The van der Waals surface area contributed by atoms with Gasteiger partial charge in [0.2, 0.25) is 0 Å². The largest absolute Gasteiger partial charge is 0.443 e. The van der Waals surface area contributed by atoms with E-state index >= 15 is 0 Å². The molecule has 0 saturated carbocycles. The molecule has 1 aliphatic rings. The highest BCUT2D eigenvalue weighted by atomic mass is 32.2. The Morgan fingerprint density at radius 2 is 1.76 bits per heavy atom. The Morgan fingerprint density at radius 1 is 1.09 bits per heavy atom. The Bertz CT molecular complexity index is 1290. The van der Waals surface area contributed by atoms with Crippen molar-refractivity contribution in [1.29, 1.82) is 0 Å². The number of aliphatic hydroxyl groups is 2. The standard InChI is InChI=1S/C26H27NO5S/c1-16-9-11-18(12-10-16)33(31)14-13-17-15-21(28)24(29)22-19-7-5-6-8-20(19)27(23(17)22)25(30)32-26(2,3)4/h5-15,21,24,28-29H,1-4H3/b14-13-/t21-,24+,33?/m1/s1. The van der Waals surface area contributed by atoms with Gasteiger partial charge in [0, 0.05) is 21.3 Å². The summed E-state index contributed by atoms with van der Waals surface area (Å²) in [6.07, 6.45) is 0.0952. The summed E-state index contributed by atoms with van der Waals surface area (Å²) in [6.45, 7) is 7.30. The van der Waals surface area contributed by atoms with Crippen LogP contribution in [0.2, 0.25) is 0 Å². The number of ether oxygens (including phenoxy) is 1. The quantitative estimate of drug-likeness (QED) is 0.578. The highest BCUT2D eigenvalue weighted by Crippen LogP contribution is 2.41. The van der Waals surface area contributed by atoms with E-state index in [0.29, 0.717) is 32.6 Å². The van der Waals surface area contributed by atoms with E-state index in [2.05, 4.69) is 0 Å². The van der Waals surface area contributed by atoms with E-state index in [0.717, 1.165) is 5.56 Å². The molecule has 7 heteroatoms. The third-order valence-electron chi connectivity index (χ3n) is 5.36. The van der Waals surface area contributed by atoms with E-state index in [4.69, 9.17) is 4.74 Å². The molecule has 0 spiro atoms. The van der Waals surface area contributed by atoms with E-state index in [-0.39, 0.29) is 0 Å². The maximum Gasteiger partial charge on any atom is 0.419 e. The molecule has 33 heavy (non-hydrogen) atoms. The van der Waals surface area contributed by atoms with Crippen LogP contribution in [0.3, 0.4) is 0 Å². The normalized spacial score (nSPS) is 19.4. The highest BCUT2D eigenvalue weighted by Gasteiger charge is 2.35. The third-order valence-corrected chi connectivity index (χ3v) is 6.48. The molecule has 0 bridgehead atoms. The van der Waals surface area contributed by atoms with Gasteiger partial charge in [0.15, 0.2) is 0 Å². The summed E-state index contributed by atoms with van der Waals surface area (Å²) in [5.74, 6) is 0. The van der Waals surface area contributed by atoms with Gasteiger partial charge in [-0.3, -0.25) is 0 Å². The number of benzene rings is 2. The zero-order chi connectivity index (χ0) is 23.9. The number of para-hydroxylation sites is 1. The van der Waals surface area contributed by atoms with Crippen molar-refractivity contribution in [1.82, 2.24) is 4.57 Å². The van der Waals surface area contributed by atoms with E-state index in [1.807, 2.05) is 19.1 Å². The summed E-state index contributed by atoms with van der Waals surface area (Å²) in [4.78, 5) is 13.9. The minimum atomic E-state index is -1.43. The fraction of sp³-hybridized carbons (Fsp3) is 0.269. The van der Waals surface area contributed by atoms with Crippen molar-refractivity contribution >= 4 is 33.4 Å². The Labute approximate surface area is 195 Å². The molecule has 172 valence electrons. The average molecular weight is 466 g/mol. The predicted molar refractivity (Wildman–Crippen MR) is 129 cm³/mol. The molecule has 1 aromatic heterocycles. The first-order chi connectivity index (χ1) is 15.6. The van der Waals surface area contributed by atoms with Gasteiger partial charge in [0.25, 0.3) is 0 Å². The number of carbonyl (C=O) groups is 1. The van der Waals surface area contributed by atoms with Crippen molar-refractivity contribution < 1.29 is 24.0 Å².